The Morgan fingerprint density at radius 2 is 1.86 bits per heavy atom. The first-order chi connectivity index (χ1) is 14.1. The van der Waals surface area contributed by atoms with E-state index in [4.69, 9.17) is 22.1 Å². The molecule has 3 aromatic carbocycles. The highest BCUT2D eigenvalue weighted by Gasteiger charge is 2.02. The lowest BCUT2D eigenvalue weighted by atomic mass is 10.2. The Balaban J connectivity index is 1.53. The van der Waals surface area contributed by atoms with Crippen LogP contribution in [0.2, 0.25) is 5.02 Å². The number of ether oxygens (including phenoxy) is 1. The minimum Gasteiger partial charge on any atom is -0.489 e. The van der Waals surface area contributed by atoms with Gasteiger partial charge in [-0.15, -0.1) is 5.10 Å². The first-order valence-electron chi connectivity index (χ1n) is 8.80. The third kappa shape index (κ3) is 6.93. The van der Waals surface area contributed by atoms with Crippen LogP contribution in [-0.2, 0) is 12.4 Å². The molecule has 0 atom stereocenters. The smallest absolute Gasteiger partial charge is 0.180 e. The van der Waals surface area contributed by atoms with Crippen molar-refractivity contribution >= 4 is 34.7 Å². The van der Waals surface area contributed by atoms with Gasteiger partial charge in [0.15, 0.2) is 5.17 Å². The minimum absolute atomic E-state index is 0.0914. The van der Waals surface area contributed by atoms with E-state index in [-0.39, 0.29) is 11.6 Å². The van der Waals surface area contributed by atoms with Crippen LogP contribution >= 0.6 is 23.4 Å². The number of nitrogens with zero attached hydrogens (tertiary/aromatic N) is 2. The number of benzene rings is 3. The van der Waals surface area contributed by atoms with Crippen molar-refractivity contribution in [3.63, 3.8) is 0 Å². The molecule has 0 unspecified atom stereocenters. The zero-order valence-electron chi connectivity index (χ0n) is 15.5. The number of amidine groups is 1. The fourth-order valence-electron chi connectivity index (χ4n) is 2.39. The summed E-state index contributed by atoms with van der Waals surface area (Å²) in [6.45, 7) is 0.232. The van der Waals surface area contributed by atoms with Crippen LogP contribution in [0.1, 0.15) is 16.7 Å². The molecule has 0 fully saturated rings. The molecule has 3 rings (SSSR count). The second-order valence-corrected chi connectivity index (χ2v) is 7.47. The molecule has 3 aromatic rings. The van der Waals surface area contributed by atoms with Crippen LogP contribution in [0.5, 0.6) is 5.75 Å². The molecule has 0 radical (unpaired) electrons. The lowest BCUT2D eigenvalue weighted by Gasteiger charge is -2.07. The number of thioether (sulfide) groups is 1. The Kier molecular flexibility index (Phi) is 7.67. The minimum atomic E-state index is -0.464. The quantitative estimate of drug-likeness (QED) is 0.301. The Bertz CT molecular complexity index is 1010. The van der Waals surface area contributed by atoms with Gasteiger partial charge >= 0.3 is 0 Å². The van der Waals surface area contributed by atoms with Crippen LogP contribution in [0.25, 0.3) is 0 Å². The highest BCUT2D eigenvalue weighted by molar-refractivity contribution is 8.13. The molecule has 0 heterocycles. The van der Waals surface area contributed by atoms with Gasteiger partial charge in [-0.1, -0.05) is 71.9 Å². The molecule has 0 aliphatic rings. The van der Waals surface area contributed by atoms with Gasteiger partial charge in [0.25, 0.3) is 0 Å². The second-order valence-electron chi connectivity index (χ2n) is 6.07. The summed E-state index contributed by atoms with van der Waals surface area (Å²) >= 11 is 7.11. The molecule has 0 aliphatic carbocycles. The normalized spacial score (nSPS) is 11.7. The molecule has 148 valence electrons. The van der Waals surface area contributed by atoms with Crippen LogP contribution in [0.3, 0.4) is 0 Å². The first-order valence-corrected chi connectivity index (χ1v) is 10.2. The average molecular weight is 428 g/mol. The molecule has 0 aliphatic heterocycles. The third-order valence-corrected chi connectivity index (χ3v) is 5.00. The molecular formula is C22H19ClFN3OS. The highest BCUT2D eigenvalue weighted by atomic mass is 35.5. The maximum atomic E-state index is 13.5. The number of hydrogen-bond donors (Lipinski definition) is 1. The maximum Gasteiger partial charge on any atom is 0.180 e. The van der Waals surface area contributed by atoms with Crippen molar-refractivity contribution in [1.82, 2.24) is 0 Å². The standard InChI is InChI=1S/C22H19ClFN3OS/c23-20-10-9-18(12-21(20)24)14-28-19-8-4-7-17(11-19)13-26-27-22(25)29-15-16-5-2-1-3-6-16/h1-13H,14-15H2,(H2,25,27). The molecule has 2 N–H and O–H groups in total. The van der Waals surface area contributed by atoms with E-state index in [9.17, 15) is 4.39 Å². The highest BCUT2D eigenvalue weighted by Crippen LogP contribution is 2.18. The predicted molar refractivity (Wildman–Crippen MR) is 119 cm³/mol. The lowest BCUT2D eigenvalue weighted by Crippen LogP contribution is -2.06. The van der Waals surface area contributed by atoms with E-state index in [1.807, 2.05) is 54.6 Å². The van der Waals surface area contributed by atoms with Crippen molar-refractivity contribution in [3.05, 3.63) is 100 Å². The molecule has 0 saturated carbocycles. The van der Waals surface area contributed by atoms with E-state index in [0.29, 0.717) is 16.5 Å². The third-order valence-electron chi connectivity index (χ3n) is 3.84. The Hall–Kier alpha value is -2.83. The summed E-state index contributed by atoms with van der Waals surface area (Å²) in [7, 11) is 0. The van der Waals surface area contributed by atoms with E-state index in [0.717, 1.165) is 11.3 Å². The van der Waals surface area contributed by atoms with Gasteiger partial charge in [0, 0.05) is 5.75 Å². The van der Waals surface area contributed by atoms with Gasteiger partial charge in [0.05, 0.1) is 11.2 Å². The van der Waals surface area contributed by atoms with Crippen LogP contribution in [0, 0.1) is 5.82 Å². The predicted octanol–water partition coefficient (Wildman–Crippen LogP) is 5.64. The zero-order chi connectivity index (χ0) is 20.5. The van der Waals surface area contributed by atoms with Gasteiger partial charge in [-0.2, -0.15) is 5.10 Å². The molecule has 29 heavy (non-hydrogen) atoms. The molecule has 0 aromatic heterocycles. The van der Waals surface area contributed by atoms with E-state index in [1.165, 1.54) is 29.5 Å². The van der Waals surface area contributed by atoms with Crippen molar-refractivity contribution in [2.24, 2.45) is 15.9 Å². The SMILES string of the molecule is NC(=NN=Cc1cccc(OCc2ccc(Cl)c(F)c2)c1)SCc1ccccc1. The topological polar surface area (TPSA) is 60.0 Å². The van der Waals surface area contributed by atoms with Crippen molar-refractivity contribution in [2.75, 3.05) is 0 Å². The summed E-state index contributed by atoms with van der Waals surface area (Å²) in [6, 6.07) is 22.0. The van der Waals surface area contributed by atoms with E-state index < -0.39 is 5.82 Å². The first kappa shape index (κ1) is 20.9. The Morgan fingerprint density at radius 3 is 2.66 bits per heavy atom. The molecule has 0 amide bonds. The Morgan fingerprint density at radius 1 is 1.03 bits per heavy atom. The molecule has 0 bridgehead atoms. The van der Waals surface area contributed by atoms with Crippen molar-refractivity contribution in [1.29, 1.82) is 0 Å². The van der Waals surface area contributed by atoms with Gasteiger partial charge in [-0.05, 0) is 41.0 Å². The van der Waals surface area contributed by atoms with Crippen LogP contribution in [0.15, 0.2) is 83.0 Å². The Labute approximate surface area is 178 Å². The van der Waals surface area contributed by atoms with Crippen LogP contribution in [-0.4, -0.2) is 11.4 Å². The van der Waals surface area contributed by atoms with Gasteiger partial charge in [-0.3, -0.25) is 0 Å². The summed E-state index contributed by atoms with van der Waals surface area (Å²) in [4.78, 5) is 0. The van der Waals surface area contributed by atoms with Crippen molar-refractivity contribution in [2.45, 2.75) is 12.4 Å². The average Bonchev–Trinajstić information content (AvgIpc) is 2.74. The number of rotatable bonds is 7. The van der Waals surface area contributed by atoms with Crippen LogP contribution < -0.4 is 10.5 Å². The van der Waals surface area contributed by atoms with E-state index in [1.54, 1.807) is 12.3 Å². The van der Waals surface area contributed by atoms with E-state index in [2.05, 4.69) is 10.2 Å². The molecule has 0 spiro atoms. The summed E-state index contributed by atoms with van der Waals surface area (Å²) < 4.78 is 19.2. The number of nitrogens with two attached hydrogens (primary N) is 1. The summed E-state index contributed by atoms with van der Waals surface area (Å²) in [6.07, 6.45) is 1.60. The van der Waals surface area contributed by atoms with Gasteiger partial charge in [-0.25, -0.2) is 4.39 Å². The largest absolute Gasteiger partial charge is 0.489 e. The van der Waals surface area contributed by atoms with Crippen LogP contribution in [0.4, 0.5) is 4.39 Å². The molecular weight excluding hydrogens is 409 g/mol. The number of hydrogen-bond acceptors (Lipinski definition) is 4. The lowest BCUT2D eigenvalue weighted by molar-refractivity contribution is 0.305. The molecule has 7 heteroatoms. The van der Waals surface area contributed by atoms with Gasteiger partial charge in [0.2, 0.25) is 0 Å². The van der Waals surface area contributed by atoms with Crippen molar-refractivity contribution in [3.8, 4) is 5.75 Å². The summed E-state index contributed by atoms with van der Waals surface area (Å²) in [5.41, 5.74) is 8.56. The van der Waals surface area contributed by atoms with Gasteiger partial charge in [0.1, 0.15) is 18.2 Å². The monoisotopic (exact) mass is 427 g/mol. The summed E-state index contributed by atoms with van der Waals surface area (Å²) in [5.74, 6) is 0.911. The summed E-state index contributed by atoms with van der Waals surface area (Å²) in [5, 5.41) is 8.52. The fourth-order valence-corrected chi connectivity index (χ4v) is 3.12. The maximum absolute atomic E-state index is 13.5. The molecule has 0 saturated heterocycles. The molecule has 4 nitrogen and oxygen atoms in total. The zero-order valence-corrected chi connectivity index (χ0v) is 17.0. The number of halogens is 2. The fraction of sp³-hybridized carbons (Fsp3) is 0.0909. The van der Waals surface area contributed by atoms with E-state index >= 15 is 0 Å². The van der Waals surface area contributed by atoms with Crippen molar-refractivity contribution < 1.29 is 9.13 Å². The second kappa shape index (κ2) is 10.6. The van der Waals surface area contributed by atoms with Gasteiger partial charge < -0.3 is 10.5 Å².